The number of primary sulfonamides is 1. The van der Waals surface area contributed by atoms with E-state index >= 15 is 0 Å². The van der Waals surface area contributed by atoms with Crippen LogP contribution in [0.4, 0.5) is 0 Å². The molecule has 0 spiro atoms. The van der Waals surface area contributed by atoms with Crippen LogP contribution in [0.3, 0.4) is 0 Å². The molecule has 174 valence electrons. The Balaban J connectivity index is 1.46. The fourth-order valence-corrected chi connectivity index (χ4v) is 4.06. The number of benzene rings is 2. The van der Waals surface area contributed by atoms with Gasteiger partial charge in [-0.1, -0.05) is 0 Å². The Kier molecular flexibility index (Phi) is 6.09. The summed E-state index contributed by atoms with van der Waals surface area (Å²) in [6.07, 6.45) is 1.43. The molecule has 11 nitrogen and oxygen atoms in total. The number of esters is 1. The SMILES string of the molecule is Cc1cc(C(=O)COC(=O)c2ccc(-n3cnnn3)cc2)c(C)n1-c1ccc(S(N)(=O)=O)cc1. The van der Waals surface area contributed by atoms with Crippen LogP contribution in [0.2, 0.25) is 0 Å². The van der Waals surface area contributed by atoms with Gasteiger partial charge in [0.2, 0.25) is 15.8 Å². The fourth-order valence-electron chi connectivity index (χ4n) is 3.55. The first-order valence-electron chi connectivity index (χ1n) is 10.0. The molecule has 0 aliphatic rings. The van der Waals surface area contributed by atoms with Crippen LogP contribution < -0.4 is 5.14 Å². The fraction of sp³-hybridized carbons (Fsp3) is 0.136. The Morgan fingerprint density at radius 1 is 1.00 bits per heavy atom. The van der Waals surface area contributed by atoms with Crippen molar-refractivity contribution in [1.29, 1.82) is 0 Å². The summed E-state index contributed by atoms with van der Waals surface area (Å²) in [5, 5.41) is 16.0. The van der Waals surface area contributed by atoms with Crippen LogP contribution >= 0.6 is 0 Å². The van der Waals surface area contributed by atoms with Gasteiger partial charge in [0.05, 0.1) is 16.1 Å². The van der Waals surface area contributed by atoms with E-state index in [0.717, 1.165) is 5.69 Å². The van der Waals surface area contributed by atoms with Crippen molar-refractivity contribution in [3.8, 4) is 11.4 Å². The van der Waals surface area contributed by atoms with Crippen molar-refractivity contribution in [1.82, 2.24) is 24.8 Å². The average Bonchev–Trinajstić information content (AvgIpc) is 3.45. The highest BCUT2D eigenvalue weighted by molar-refractivity contribution is 7.89. The minimum Gasteiger partial charge on any atom is -0.454 e. The molecule has 0 unspecified atom stereocenters. The zero-order valence-corrected chi connectivity index (χ0v) is 19.1. The maximum atomic E-state index is 12.8. The molecule has 0 atom stereocenters. The first-order valence-corrected chi connectivity index (χ1v) is 11.6. The number of Topliss-reactive ketones (excluding diaryl/α,β-unsaturated/α-hetero) is 1. The van der Waals surface area contributed by atoms with Crippen LogP contribution in [-0.4, -0.2) is 51.6 Å². The van der Waals surface area contributed by atoms with Crippen molar-refractivity contribution in [2.75, 3.05) is 6.61 Å². The van der Waals surface area contributed by atoms with Gasteiger partial charge in [-0.25, -0.2) is 23.0 Å². The molecule has 0 fully saturated rings. The maximum absolute atomic E-state index is 12.8. The zero-order chi connectivity index (χ0) is 24.5. The number of nitrogens with two attached hydrogens (primary N) is 1. The quantitative estimate of drug-likeness (QED) is 0.310. The van der Waals surface area contributed by atoms with E-state index in [0.29, 0.717) is 22.6 Å². The third-order valence-electron chi connectivity index (χ3n) is 5.21. The number of carbonyl (C=O) groups is 2. The number of aryl methyl sites for hydroxylation is 1. The molecule has 34 heavy (non-hydrogen) atoms. The Bertz CT molecular complexity index is 1460. The van der Waals surface area contributed by atoms with Gasteiger partial charge in [0, 0.05) is 22.6 Å². The van der Waals surface area contributed by atoms with Crippen LogP contribution in [0.1, 0.15) is 32.1 Å². The first-order chi connectivity index (χ1) is 16.1. The Morgan fingerprint density at radius 2 is 1.65 bits per heavy atom. The number of sulfonamides is 1. The second kappa shape index (κ2) is 9.00. The van der Waals surface area contributed by atoms with Crippen LogP contribution in [0.15, 0.2) is 65.8 Å². The van der Waals surface area contributed by atoms with Crippen molar-refractivity contribution in [3.63, 3.8) is 0 Å². The lowest BCUT2D eigenvalue weighted by Gasteiger charge is -2.11. The van der Waals surface area contributed by atoms with Gasteiger partial charge in [-0.05, 0) is 78.9 Å². The third-order valence-corrected chi connectivity index (χ3v) is 6.14. The molecule has 0 saturated carbocycles. The summed E-state index contributed by atoms with van der Waals surface area (Å²) in [4.78, 5) is 25.2. The molecule has 0 amide bonds. The average molecular weight is 481 g/mol. The van der Waals surface area contributed by atoms with Crippen molar-refractivity contribution in [2.24, 2.45) is 5.14 Å². The normalized spacial score (nSPS) is 11.4. The van der Waals surface area contributed by atoms with Gasteiger partial charge in [-0.15, -0.1) is 5.10 Å². The predicted molar refractivity (Wildman–Crippen MR) is 120 cm³/mol. The minimum absolute atomic E-state index is 0.00656. The molecule has 2 aromatic carbocycles. The highest BCUT2D eigenvalue weighted by Crippen LogP contribution is 2.22. The molecule has 4 aromatic rings. The van der Waals surface area contributed by atoms with E-state index in [1.807, 2.05) is 6.92 Å². The molecule has 4 rings (SSSR count). The standard InChI is InChI=1S/C22H20N6O5S/c1-14-11-20(15(2)28(14)18-7-9-19(10-8-18)34(23,31)32)21(29)12-33-22(30)16-3-5-17(6-4-16)27-13-24-25-26-27/h3-11,13H,12H2,1-2H3,(H2,23,31,32). The van der Waals surface area contributed by atoms with E-state index in [-0.39, 0.29) is 16.2 Å². The van der Waals surface area contributed by atoms with Gasteiger partial charge >= 0.3 is 5.97 Å². The zero-order valence-electron chi connectivity index (χ0n) is 18.2. The number of tetrazole rings is 1. The Labute approximate surface area is 194 Å². The molecule has 2 heterocycles. The smallest absolute Gasteiger partial charge is 0.338 e. The number of nitrogens with zero attached hydrogens (tertiary/aromatic N) is 5. The maximum Gasteiger partial charge on any atom is 0.338 e. The van der Waals surface area contributed by atoms with Crippen molar-refractivity contribution >= 4 is 21.8 Å². The molecule has 0 bridgehead atoms. The van der Waals surface area contributed by atoms with Crippen LogP contribution in [0, 0.1) is 13.8 Å². The number of hydrogen-bond donors (Lipinski definition) is 1. The van der Waals surface area contributed by atoms with E-state index < -0.39 is 22.6 Å². The van der Waals surface area contributed by atoms with Crippen molar-refractivity contribution < 1.29 is 22.7 Å². The molecule has 2 aromatic heterocycles. The first kappa shape index (κ1) is 23.0. The van der Waals surface area contributed by atoms with Crippen LogP contribution in [0.5, 0.6) is 0 Å². The van der Waals surface area contributed by atoms with Gasteiger partial charge in [-0.2, -0.15) is 0 Å². The van der Waals surface area contributed by atoms with Gasteiger partial charge in [0.1, 0.15) is 6.33 Å². The molecular formula is C22H20N6O5S. The number of aromatic nitrogens is 5. The summed E-state index contributed by atoms with van der Waals surface area (Å²) in [5.74, 6) is -0.997. The lowest BCUT2D eigenvalue weighted by atomic mass is 10.1. The molecule has 0 aliphatic heterocycles. The van der Waals surface area contributed by atoms with E-state index in [4.69, 9.17) is 9.88 Å². The largest absolute Gasteiger partial charge is 0.454 e. The second-order valence-electron chi connectivity index (χ2n) is 7.46. The summed E-state index contributed by atoms with van der Waals surface area (Å²) in [7, 11) is -3.80. The Hall–Kier alpha value is -4.16. The van der Waals surface area contributed by atoms with E-state index in [2.05, 4.69) is 15.5 Å². The predicted octanol–water partition coefficient (Wildman–Crippen LogP) is 1.76. The van der Waals surface area contributed by atoms with Gasteiger partial charge < -0.3 is 9.30 Å². The third kappa shape index (κ3) is 4.63. The number of ketones is 1. The van der Waals surface area contributed by atoms with Crippen LogP contribution in [0.25, 0.3) is 11.4 Å². The summed E-state index contributed by atoms with van der Waals surface area (Å²) in [6, 6.07) is 14.1. The molecule has 2 N–H and O–H groups in total. The monoisotopic (exact) mass is 480 g/mol. The van der Waals surface area contributed by atoms with E-state index in [1.165, 1.54) is 23.1 Å². The van der Waals surface area contributed by atoms with Crippen molar-refractivity contribution in [3.05, 3.63) is 83.4 Å². The van der Waals surface area contributed by atoms with E-state index in [1.54, 1.807) is 54.0 Å². The number of hydrogen-bond acceptors (Lipinski definition) is 8. The Morgan fingerprint density at radius 3 is 2.24 bits per heavy atom. The molecule has 0 saturated heterocycles. The number of rotatable bonds is 7. The summed E-state index contributed by atoms with van der Waals surface area (Å²) in [6.45, 7) is 3.14. The highest BCUT2D eigenvalue weighted by Gasteiger charge is 2.19. The summed E-state index contributed by atoms with van der Waals surface area (Å²) >= 11 is 0. The number of carbonyl (C=O) groups excluding carboxylic acids is 2. The molecule has 0 aliphatic carbocycles. The minimum atomic E-state index is -3.80. The van der Waals surface area contributed by atoms with Gasteiger partial charge in [0.15, 0.2) is 6.61 Å². The highest BCUT2D eigenvalue weighted by atomic mass is 32.2. The van der Waals surface area contributed by atoms with Gasteiger partial charge in [-0.3, -0.25) is 4.79 Å². The summed E-state index contributed by atoms with van der Waals surface area (Å²) in [5.41, 5.74) is 3.41. The number of ether oxygens (including phenoxy) is 1. The lowest BCUT2D eigenvalue weighted by Crippen LogP contribution is -2.15. The molecule has 0 radical (unpaired) electrons. The second-order valence-corrected chi connectivity index (χ2v) is 9.02. The van der Waals surface area contributed by atoms with Crippen LogP contribution in [-0.2, 0) is 14.8 Å². The van der Waals surface area contributed by atoms with Crippen molar-refractivity contribution in [2.45, 2.75) is 18.7 Å². The van der Waals surface area contributed by atoms with E-state index in [9.17, 15) is 18.0 Å². The summed E-state index contributed by atoms with van der Waals surface area (Å²) < 4.78 is 31.4. The lowest BCUT2D eigenvalue weighted by molar-refractivity contribution is 0.0474. The molecule has 12 heteroatoms. The van der Waals surface area contributed by atoms with Gasteiger partial charge in [0.25, 0.3) is 0 Å². The molecular weight excluding hydrogens is 460 g/mol. The topological polar surface area (TPSA) is 152 Å².